The summed E-state index contributed by atoms with van der Waals surface area (Å²) in [6.45, 7) is 0.182. The molecule has 0 fully saturated rings. The monoisotopic (exact) mass is 311 g/mol. The third-order valence-corrected chi connectivity index (χ3v) is 2.59. The highest BCUT2D eigenvalue weighted by atomic mass is 79.9. The summed E-state index contributed by atoms with van der Waals surface area (Å²) in [6, 6.07) is 8.86. The number of hydrogen-bond donors (Lipinski definition) is 2. The van der Waals surface area contributed by atoms with Gasteiger partial charge in [0.15, 0.2) is 11.5 Å². The average molecular weight is 312 g/mol. The molecule has 0 saturated heterocycles. The van der Waals surface area contributed by atoms with E-state index in [9.17, 15) is 4.79 Å². The Kier molecular flexibility index (Phi) is 3.96. The van der Waals surface area contributed by atoms with Crippen molar-refractivity contribution in [3.05, 3.63) is 46.3 Å². The van der Waals surface area contributed by atoms with Crippen molar-refractivity contribution in [2.45, 2.75) is 6.61 Å². The Morgan fingerprint density at radius 3 is 3.06 bits per heavy atom. The van der Waals surface area contributed by atoms with Gasteiger partial charge in [-0.15, -0.1) is 0 Å². The summed E-state index contributed by atoms with van der Waals surface area (Å²) in [4.78, 5) is 11.1. The second-order valence-electron chi connectivity index (χ2n) is 3.40. The van der Waals surface area contributed by atoms with Gasteiger partial charge in [0.2, 0.25) is 0 Å². The lowest BCUT2D eigenvalue weighted by atomic mass is 10.3. The van der Waals surface area contributed by atoms with Crippen LogP contribution in [0.4, 0.5) is 0 Å². The molecule has 0 saturated carbocycles. The highest BCUT2D eigenvalue weighted by Crippen LogP contribution is 2.19. The topological polar surface area (TPSA) is 90.4 Å². The molecular weight excluding hydrogens is 302 g/mol. The van der Waals surface area contributed by atoms with Crippen molar-refractivity contribution in [2.24, 2.45) is 5.84 Å². The van der Waals surface area contributed by atoms with Gasteiger partial charge < -0.3 is 9.26 Å². The maximum Gasteiger partial charge on any atom is 0.287 e. The van der Waals surface area contributed by atoms with Crippen molar-refractivity contribution >= 4 is 21.8 Å². The number of hydrazine groups is 1. The normalized spacial score (nSPS) is 10.1. The summed E-state index contributed by atoms with van der Waals surface area (Å²) in [5.74, 6) is 5.59. The third-order valence-electron chi connectivity index (χ3n) is 2.10. The fraction of sp³-hybridized carbons (Fsp3) is 0.0909. The van der Waals surface area contributed by atoms with E-state index in [-0.39, 0.29) is 12.3 Å². The molecule has 0 spiro atoms. The number of carbonyl (C=O) groups excluding carboxylic acids is 1. The number of carbonyl (C=O) groups is 1. The number of halogens is 1. The van der Waals surface area contributed by atoms with Gasteiger partial charge in [0.25, 0.3) is 5.91 Å². The molecule has 94 valence electrons. The first-order valence-electron chi connectivity index (χ1n) is 5.04. The highest BCUT2D eigenvalue weighted by Gasteiger charge is 2.11. The summed E-state index contributed by atoms with van der Waals surface area (Å²) in [5, 5.41) is 3.56. The van der Waals surface area contributed by atoms with Gasteiger partial charge in [-0.25, -0.2) is 5.84 Å². The Bertz CT molecular complexity index is 556. The molecule has 0 aliphatic carbocycles. The van der Waals surface area contributed by atoms with Crippen LogP contribution in [0.1, 0.15) is 16.2 Å². The van der Waals surface area contributed by atoms with E-state index < -0.39 is 5.91 Å². The molecule has 2 aromatic rings. The molecule has 1 heterocycles. The van der Waals surface area contributed by atoms with Gasteiger partial charge >= 0.3 is 0 Å². The number of ether oxygens (including phenoxy) is 1. The number of rotatable bonds is 4. The zero-order valence-corrected chi connectivity index (χ0v) is 10.8. The fourth-order valence-electron chi connectivity index (χ4n) is 1.27. The van der Waals surface area contributed by atoms with Crippen molar-refractivity contribution in [3.63, 3.8) is 0 Å². The highest BCUT2D eigenvalue weighted by molar-refractivity contribution is 9.10. The van der Waals surface area contributed by atoms with Gasteiger partial charge in [-0.2, -0.15) is 0 Å². The summed E-state index contributed by atoms with van der Waals surface area (Å²) in [7, 11) is 0. The first-order chi connectivity index (χ1) is 8.69. The standard InChI is InChI=1S/C11H10BrN3O3/c12-7-2-1-3-8(4-7)17-6-9-5-10(15-18-9)11(16)14-13/h1-5H,6,13H2,(H,14,16). The lowest BCUT2D eigenvalue weighted by molar-refractivity contribution is 0.0944. The van der Waals surface area contributed by atoms with Crippen molar-refractivity contribution < 1.29 is 14.1 Å². The van der Waals surface area contributed by atoms with E-state index in [1.165, 1.54) is 6.07 Å². The van der Waals surface area contributed by atoms with Crippen molar-refractivity contribution in [1.29, 1.82) is 0 Å². The van der Waals surface area contributed by atoms with Crippen LogP contribution >= 0.6 is 15.9 Å². The Morgan fingerprint density at radius 1 is 1.50 bits per heavy atom. The van der Waals surface area contributed by atoms with Gasteiger partial charge in [-0.05, 0) is 18.2 Å². The van der Waals surface area contributed by atoms with E-state index in [0.29, 0.717) is 11.5 Å². The minimum absolute atomic E-state index is 0.116. The van der Waals surface area contributed by atoms with Gasteiger partial charge in [-0.1, -0.05) is 27.2 Å². The number of nitrogens with one attached hydrogen (secondary N) is 1. The molecule has 1 aromatic carbocycles. The number of nitrogens with two attached hydrogens (primary N) is 1. The Labute approximate surface area is 111 Å². The zero-order valence-electron chi connectivity index (χ0n) is 9.22. The van der Waals surface area contributed by atoms with E-state index in [1.54, 1.807) is 0 Å². The number of aromatic nitrogens is 1. The number of amides is 1. The van der Waals surface area contributed by atoms with E-state index in [4.69, 9.17) is 15.1 Å². The fourth-order valence-corrected chi connectivity index (χ4v) is 1.65. The Morgan fingerprint density at radius 2 is 2.33 bits per heavy atom. The maximum absolute atomic E-state index is 11.1. The van der Waals surface area contributed by atoms with Crippen molar-refractivity contribution in [1.82, 2.24) is 10.6 Å². The lowest BCUT2D eigenvalue weighted by Gasteiger charge is -2.03. The molecule has 0 atom stereocenters. The zero-order chi connectivity index (χ0) is 13.0. The van der Waals surface area contributed by atoms with Crippen LogP contribution in [0.2, 0.25) is 0 Å². The molecular formula is C11H10BrN3O3. The largest absolute Gasteiger partial charge is 0.486 e. The van der Waals surface area contributed by atoms with E-state index in [0.717, 1.165) is 4.47 Å². The second kappa shape index (κ2) is 5.65. The quantitative estimate of drug-likeness (QED) is 0.508. The SMILES string of the molecule is NNC(=O)c1cc(COc2cccc(Br)c2)on1. The first kappa shape index (κ1) is 12.6. The van der Waals surface area contributed by atoms with Crippen molar-refractivity contribution in [2.75, 3.05) is 0 Å². The molecule has 0 unspecified atom stereocenters. The second-order valence-corrected chi connectivity index (χ2v) is 4.31. The molecule has 2 rings (SSSR count). The molecule has 1 amide bonds. The average Bonchev–Trinajstić information content (AvgIpc) is 2.84. The van der Waals surface area contributed by atoms with E-state index >= 15 is 0 Å². The van der Waals surface area contributed by atoms with Gasteiger partial charge in [0.05, 0.1) is 0 Å². The summed E-state index contributed by atoms with van der Waals surface area (Å²) >= 11 is 3.34. The van der Waals surface area contributed by atoms with Crippen LogP contribution in [0.15, 0.2) is 39.3 Å². The van der Waals surface area contributed by atoms with Crippen LogP contribution in [-0.2, 0) is 6.61 Å². The molecule has 0 bridgehead atoms. The van der Waals surface area contributed by atoms with Crippen LogP contribution in [0.3, 0.4) is 0 Å². The molecule has 18 heavy (non-hydrogen) atoms. The summed E-state index contributed by atoms with van der Waals surface area (Å²) in [6.07, 6.45) is 0. The predicted molar refractivity (Wildman–Crippen MR) is 66.6 cm³/mol. The molecule has 0 radical (unpaired) electrons. The molecule has 6 nitrogen and oxygen atoms in total. The maximum atomic E-state index is 11.1. The van der Waals surface area contributed by atoms with Gasteiger partial charge in [0, 0.05) is 10.5 Å². The lowest BCUT2D eigenvalue weighted by Crippen LogP contribution is -2.30. The van der Waals surface area contributed by atoms with Crippen LogP contribution in [0.5, 0.6) is 5.75 Å². The number of benzene rings is 1. The minimum atomic E-state index is -0.507. The van der Waals surface area contributed by atoms with Crippen LogP contribution < -0.4 is 16.0 Å². The van der Waals surface area contributed by atoms with Gasteiger partial charge in [0.1, 0.15) is 12.4 Å². The van der Waals surface area contributed by atoms with E-state index in [2.05, 4.69) is 21.1 Å². The van der Waals surface area contributed by atoms with Crippen LogP contribution in [0, 0.1) is 0 Å². The van der Waals surface area contributed by atoms with Crippen LogP contribution in [-0.4, -0.2) is 11.1 Å². The van der Waals surface area contributed by atoms with Gasteiger partial charge in [-0.3, -0.25) is 10.2 Å². The smallest absolute Gasteiger partial charge is 0.287 e. The first-order valence-corrected chi connectivity index (χ1v) is 5.83. The predicted octanol–water partition coefficient (Wildman–Crippen LogP) is 1.62. The Hall–Kier alpha value is -1.86. The van der Waals surface area contributed by atoms with Crippen molar-refractivity contribution in [3.8, 4) is 5.75 Å². The van der Waals surface area contributed by atoms with E-state index in [1.807, 2.05) is 29.7 Å². The minimum Gasteiger partial charge on any atom is -0.486 e. The molecule has 0 aliphatic heterocycles. The Balaban J connectivity index is 1.98. The number of hydrogen-bond acceptors (Lipinski definition) is 5. The number of nitrogens with zero attached hydrogens (tertiary/aromatic N) is 1. The summed E-state index contributed by atoms with van der Waals surface area (Å²) < 4.78 is 11.3. The molecule has 1 aromatic heterocycles. The third kappa shape index (κ3) is 3.08. The number of nitrogen functional groups attached to an aromatic ring is 1. The summed E-state index contributed by atoms with van der Waals surface area (Å²) in [5.41, 5.74) is 2.08. The molecule has 3 N–H and O–H groups in total. The molecule has 7 heteroatoms. The molecule has 0 aliphatic rings. The van der Waals surface area contributed by atoms with Crippen LogP contribution in [0.25, 0.3) is 0 Å².